The minimum atomic E-state index is 0. The molecule has 0 saturated heterocycles. The van der Waals surface area contributed by atoms with E-state index in [1.165, 1.54) is 5.56 Å². The van der Waals surface area contributed by atoms with Crippen LogP contribution in [0.3, 0.4) is 0 Å². The predicted octanol–water partition coefficient (Wildman–Crippen LogP) is 3.85. The Morgan fingerprint density at radius 1 is 1.06 bits per heavy atom. The first-order valence-electron chi connectivity index (χ1n) is 5.73. The van der Waals surface area contributed by atoms with Gasteiger partial charge in [-0.2, -0.15) is 0 Å². The van der Waals surface area contributed by atoms with Gasteiger partial charge >= 0.3 is 0 Å². The maximum atomic E-state index is 3.42. The van der Waals surface area contributed by atoms with Crippen LogP contribution >= 0.6 is 12.4 Å². The Morgan fingerprint density at radius 3 is 1.94 bits per heavy atom. The quantitative estimate of drug-likeness (QED) is 0.845. The summed E-state index contributed by atoms with van der Waals surface area (Å²) in [4.78, 5) is 0. The van der Waals surface area contributed by atoms with Crippen LogP contribution in [-0.2, 0) is 0 Å². The second kappa shape index (κ2) is 6.27. The Hall–Kier alpha value is -0.530. The molecule has 16 heavy (non-hydrogen) atoms. The first-order chi connectivity index (χ1) is 6.99. The average Bonchev–Trinajstić information content (AvgIpc) is 2.18. The second-order valence-corrected chi connectivity index (χ2v) is 5.10. The van der Waals surface area contributed by atoms with Crippen LogP contribution in [0.5, 0.6) is 0 Å². The lowest BCUT2D eigenvalue weighted by Crippen LogP contribution is -2.44. The summed E-state index contributed by atoms with van der Waals surface area (Å²) in [7, 11) is 2.04. The fourth-order valence-corrected chi connectivity index (χ4v) is 2.45. The molecule has 1 unspecified atom stereocenters. The normalized spacial score (nSPS) is 13.4. The first-order valence-corrected chi connectivity index (χ1v) is 5.73. The molecule has 2 heteroatoms. The van der Waals surface area contributed by atoms with Gasteiger partial charge in [0.05, 0.1) is 0 Å². The zero-order valence-electron chi connectivity index (χ0n) is 10.9. The molecule has 0 aliphatic heterocycles. The lowest BCUT2D eigenvalue weighted by molar-refractivity contribution is 0.282. The molecule has 0 aromatic heterocycles. The zero-order chi connectivity index (χ0) is 11.5. The van der Waals surface area contributed by atoms with E-state index in [4.69, 9.17) is 0 Å². The Balaban J connectivity index is 0.00000225. The van der Waals surface area contributed by atoms with Crippen molar-refractivity contribution >= 4 is 12.4 Å². The third-order valence-corrected chi connectivity index (χ3v) is 3.25. The zero-order valence-corrected chi connectivity index (χ0v) is 11.8. The summed E-state index contributed by atoms with van der Waals surface area (Å²) in [6, 6.07) is 10.8. The third-order valence-electron chi connectivity index (χ3n) is 3.25. The smallest absolute Gasteiger partial charge is 0.0193 e. The highest BCUT2D eigenvalue weighted by Crippen LogP contribution is 2.34. The highest BCUT2D eigenvalue weighted by molar-refractivity contribution is 5.85. The summed E-state index contributed by atoms with van der Waals surface area (Å²) in [6.07, 6.45) is 0. The van der Waals surface area contributed by atoms with E-state index < -0.39 is 0 Å². The predicted molar refractivity (Wildman–Crippen MR) is 74.4 cm³/mol. The summed E-state index contributed by atoms with van der Waals surface area (Å²) < 4.78 is 0. The molecule has 0 spiro atoms. The Labute approximate surface area is 106 Å². The molecule has 0 radical (unpaired) electrons. The van der Waals surface area contributed by atoms with Gasteiger partial charge in [0.1, 0.15) is 0 Å². The van der Waals surface area contributed by atoms with Crippen LogP contribution in [0.25, 0.3) is 0 Å². The van der Waals surface area contributed by atoms with Crippen molar-refractivity contribution in [1.82, 2.24) is 5.32 Å². The fraction of sp³-hybridized carbons (Fsp3) is 0.571. The van der Waals surface area contributed by atoms with E-state index in [1.54, 1.807) is 0 Å². The molecule has 92 valence electrons. The van der Waals surface area contributed by atoms with E-state index in [0.29, 0.717) is 11.8 Å². The maximum Gasteiger partial charge on any atom is 0.0193 e. The molecule has 1 aromatic rings. The van der Waals surface area contributed by atoms with Crippen LogP contribution in [0.15, 0.2) is 30.3 Å². The number of hydrogen-bond donors (Lipinski definition) is 1. The van der Waals surface area contributed by atoms with Gasteiger partial charge in [-0.1, -0.05) is 44.2 Å². The first kappa shape index (κ1) is 15.5. The molecule has 0 fully saturated rings. The molecule has 1 atom stereocenters. The van der Waals surface area contributed by atoms with E-state index in [0.717, 1.165) is 0 Å². The summed E-state index contributed by atoms with van der Waals surface area (Å²) in [5.74, 6) is 1.18. The Morgan fingerprint density at radius 2 is 1.56 bits per heavy atom. The van der Waals surface area contributed by atoms with Gasteiger partial charge in [0.15, 0.2) is 0 Å². The highest BCUT2D eigenvalue weighted by atomic mass is 35.5. The number of halogens is 1. The van der Waals surface area contributed by atoms with Crippen molar-refractivity contribution in [2.45, 2.75) is 39.2 Å². The van der Waals surface area contributed by atoms with Gasteiger partial charge in [-0.3, -0.25) is 0 Å². The molecule has 1 rings (SSSR count). The number of rotatable bonds is 4. The number of likely N-dealkylation sites (N-methyl/N-ethyl adjacent to an activating group) is 1. The molecular weight excluding hydrogens is 218 g/mol. The third kappa shape index (κ3) is 3.50. The Kier molecular flexibility index (Phi) is 6.06. The molecule has 1 N–H and O–H groups in total. The van der Waals surface area contributed by atoms with Gasteiger partial charge in [0.2, 0.25) is 0 Å². The molecule has 1 aromatic carbocycles. The van der Waals surface area contributed by atoms with Crippen molar-refractivity contribution in [2.75, 3.05) is 7.05 Å². The lowest BCUT2D eigenvalue weighted by Gasteiger charge is -2.37. The van der Waals surface area contributed by atoms with Gasteiger partial charge in [-0.05, 0) is 32.4 Å². The summed E-state index contributed by atoms with van der Waals surface area (Å²) >= 11 is 0. The van der Waals surface area contributed by atoms with E-state index >= 15 is 0 Å². The van der Waals surface area contributed by atoms with Gasteiger partial charge < -0.3 is 5.32 Å². The van der Waals surface area contributed by atoms with Gasteiger partial charge in [0, 0.05) is 11.5 Å². The van der Waals surface area contributed by atoms with E-state index in [1.807, 2.05) is 7.05 Å². The largest absolute Gasteiger partial charge is 0.314 e. The number of benzene rings is 1. The highest BCUT2D eigenvalue weighted by Gasteiger charge is 2.31. The standard InChI is InChI=1S/C14H23N.ClH/c1-11(2)13(14(3,4)15-5)12-9-7-6-8-10-12;/h6-11,13,15H,1-5H3;1H. The maximum absolute atomic E-state index is 3.42. The van der Waals surface area contributed by atoms with E-state index in [-0.39, 0.29) is 17.9 Å². The molecule has 0 amide bonds. The SMILES string of the molecule is CNC(C)(C)C(c1ccccc1)C(C)C.Cl. The summed E-state index contributed by atoms with van der Waals surface area (Å²) in [5, 5.41) is 3.42. The fourth-order valence-electron chi connectivity index (χ4n) is 2.45. The van der Waals surface area contributed by atoms with Crippen molar-refractivity contribution in [3.8, 4) is 0 Å². The molecule has 0 saturated carbocycles. The van der Waals surface area contributed by atoms with Crippen LogP contribution < -0.4 is 5.32 Å². The summed E-state index contributed by atoms with van der Waals surface area (Å²) in [6.45, 7) is 9.11. The van der Waals surface area contributed by atoms with E-state index in [9.17, 15) is 0 Å². The molecular formula is C14H24ClN. The van der Waals surface area contributed by atoms with Crippen molar-refractivity contribution in [2.24, 2.45) is 5.92 Å². The number of hydrogen-bond acceptors (Lipinski definition) is 1. The minimum absolute atomic E-state index is 0. The Bertz CT molecular complexity index is 293. The van der Waals surface area contributed by atoms with Crippen molar-refractivity contribution in [1.29, 1.82) is 0 Å². The van der Waals surface area contributed by atoms with Gasteiger partial charge in [-0.15, -0.1) is 12.4 Å². The van der Waals surface area contributed by atoms with Crippen LogP contribution in [0.1, 0.15) is 39.2 Å². The minimum Gasteiger partial charge on any atom is -0.314 e. The lowest BCUT2D eigenvalue weighted by atomic mass is 9.75. The number of nitrogens with one attached hydrogen (secondary N) is 1. The van der Waals surface area contributed by atoms with Crippen LogP contribution in [-0.4, -0.2) is 12.6 Å². The molecule has 0 aliphatic carbocycles. The summed E-state index contributed by atoms with van der Waals surface area (Å²) in [5.41, 5.74) is 1.56. The van der Waals surface area contributed by atoms with Crippen molar-refractivity contribution < 1.29 is 0 Å². The molecule has 0 heterocycles. The molecule has 0 aliphatic rings. The molecule has 0 bridgehead atoms. The van der Waals surface area contributed by atoms with Crippen molar-refractivity contribution in [3.63, 3.8) is 0 Å². The van der Waals surface area contributed by atoms with Gasteiger partial charge in [-0.25, -0.2) is 0 Å². The monoisotopic (exact) mass is 241 g/mol. The van der Waals surface area contributed by atoms with Crippen LogP contribution in [0, 0.1) is 5.92 Å². The van der Waals surface area contributed by atoms with Crippen molar-refractivity contribution in [3.05, 3.63) is 35.9 Å². The van der Waals surface area contributed by atoms with Gasteiger partial charge in [0.25, 0.3) is 0 Å². The molecule has 1 nitrogen and oxygen atoms in total. The second-order valence-electron chi connectivity index (χ2n) is 5.10. The van der Waals surface area contributed by atoms with Crippen LogP contribution in [0.4, 0.5) is 0 Å². The van der Waals surface area contributed by atoms with E-state index in [2.05, 4.69) is 63.3 Å². The van der Waals surface area contributed by atoms with Crippen LogP contribution in [0.2, 0.25) is 0 Å². The topological polar surface area (TPSA) is 12.0 Å². The average molecular weight is 242 g/mol.